The average molecular weight is 237 g/mol. The molecule has 0 aromatic carbocycles. The maximum absolute atomic E-state index is 5.79. The highest BCUT2D eigenvalue weighted by molar-refractivity contribution is 5.10. The van der Waals surface area contributed by atoms with Crippen molar-refractivity contribution in [1.82, 2.24) is 15.1 Å². The minimum absolute atomic E-state index is 0.366. The molecule has 0 amide bonds. The highest BCUT2D eigenvalue weighted by Crippen LogP contribution is 2.18. The molecule has 1 fully saturated rings. The Morgan fingerprint density at radius 3 is 3.00 bits per heavy atom. The van der Waals surface area contributed by atoms with Gasteiger partial charge in [0, 0.05) is 31.8 Å². The molecule has 2 atom stereocenters. The van der Waals surface area contributed by atoms with Crippen LogP contribution in [0.2, 0.25) is 0 Å². The van der Waals surface area contributed by atoms with Crippen LogP contribution in [0.1, 0.15) is 31.2 Å². The second-order valence-electron chi connectivity index (χ2n) is 4.82. The molecule has 2 heterocycles. The first-order valence-electron chi connectivity index (χ1n) is 6.55. The molecule has 0 saturated carbocycles. The number of likely N-dealkylation sites (N-methyl/N-ethyl adjacent to an activating group) is 1. The van der Waals surface area contributed by atoms with Crippen LogP contribution in [0.15, 0.2) is 6.07 Å². The van der Waals surface area contributed by atoms with E-state index in [0.717, 1.165) is 25.3 Å². The zero-order valence-electron chi connectivity index (χ0n) is 11.1. The lowest BCUT2D eigenvalue weighted by Crippen LogP contribution is -2.41. The molecule has 1 aromatic heterocycles. The highest BCUT2D eigenvalue weighted by atomic mass is 16.5. The monoisotopic (exact) mass is 237 g/mol. The third kappa shape index (κ3) is 3.07. The lowest BCUT2D eigenvalue weighted by atomic mass is 10.0. The fourth-order valence-electron chi connectivity index (χ4n) is 2.60. The number of aromatic nitrogens is 2. The second kappa shape index (κ2) is 5.65. The summed E-state index contributed by atoms with van der Waals surface area (Å²) in [5, 5.41) is 7.94. The largest absolute Gasteiger partial charge is 0.377 e. The molecule has 4 heteroatoms. The average Bonchev–Trinajstić information content (AvgIpc) is 2.88. The molecule has 1 saturated heterocycles. The van der Waals surface area contributed by atoms with Crippen LogP contribution in [-0.4, -0.2) is 35.1 Å². The van der Waals surface area contributed by atoms with Gasteiger partial charge in [0.25, 0.3) is 0 Å². The van der Waals surface area contributed by atoms with Gasteiger partial charge in [0.2, 0.25) is 0 Å². The van der Waals surface area contributed by atoms with Crippen LogP contribution in [0.4, 0.5) is 0 Å². The molecule has 0 spiro atoms. The van der Waals surface area contributed by atoms with Gasteiger partial charge in [0.1, 0.15) is 0 Å². The summed E-state index contributed by atoms with van der Waals surface area (Å²) < 4.78 is 7.78. The maximum atomic E-state index is 5.79. The van der Waals surface area contributed by atoms with Gasteiger partial charge < -0.3 is 10.1 Å². The van der Waals surface area contributed by atoms with Crippen molar-refractivity contribution < 1.29 is 4.74 Å². The smallest absolute Gasteiger partial charge is 0.0732 e. The first-order chi connectivity index (χ1) is 8.20. The van der Waals surface area contributed by atoms with Gasteiger partial charge in [-0.15, -0.1) is 0 Å². The minimum Gasteiger partial charge on any atom is -0.377 e. The molecule has 2 rings (SSSR count). The topological polar surface area (TPSA) is 39.1 Å². The summed E-state index contributed by atoms with van der Waals surface area (Å²) in [6, 6.07) is 2.58. The second-order valence-corrected chi connectivity index (χ2v) is 4.82. The van der Waals surface area contributed by atoms with Crippen molar-refractivity contribution in [3.8, 4) is 0 Å². The molecule has 1 N–H and O–H groups in total. The quantitative estimate of drug-likeness (QED) is 0.842. The highest BCUT2D eigenvalue weighted by Gasteiger charge is 2.26. The SMILES string of the molecule is CCNC(Cc1cc(C)nn1C)C1CCCO1. The molecule has 0 radical (unpaired) electrons. The number of nitrogens with one attached hydrogen (secondary N) is 1. The van der Waals surface area contributed by atoms with Crippen LogP contribution in [-0.2, 0) is 18.2 Å². The molecule has 4 nitrogen and oxygen atoms in total. The summed E-state index contributed by atoms with van der Waals surface area (Å²) in [6.45, 7) is 6.09. The third-order valence-electron chi connectivity index (χ3n) is 3.41. The van der Waals surface area contributed by atoms with Crippen molar-refractivity contribution in [3.05, 3.63) is 17.5 Å². The number of aryl methyl sites for hydroxylation is 2. The van der Waals surface area contributed by atoms with Crippen molar-refractivity contribution in [1.29, 1.82) is 0 Å². The molecule has 0 aliphatic carbocycles. The van der Waals surface area contributed by atoms with Crippen molar-refractivity contribution >= 4 is 0 Å². The van der Waals surface area contributed by atoms with Gasteiger partial charge in [-0.05, 0) is 32.4 Å². The zero-order valence-corrected chi connectivity index (χ0v) is 11.1. The lowest BCUT2D eigenvalue weighted by Gasteiger charge is -2.23. The van der Waals surface area contributed by atoms with Crippen LogP contribution in [0, 0.1) is 6.92 Å². The fourth-order valence-corrected chi connectivity index (χ4v) is 2.60. The minimum atomic E-state index is 0.366. The molecule has 1 aliphatic rings. The lowest BCUT2D eigenvalue weighted by molar-refractivity contribution is 0.0783. The summed E-state index contributed by atoms with van der Waals surface area (Å²) in [6.07, 6.45) is 3.73. The van der Waals surface area contributed by atoms with Crippen molar-refractivity contribution in [2.24, 2.45) is 7.05 Å². The Morgan fingerprint density at radius 1 is 1.65 bits per heavy atom. The Hall–Kier alpha value is -0.870. The van der Waals surface area contributed by atoms with Crippen LogP contribution < -0.4 is 5.32 Å². The Balaban J connectivity index is 2.03. The van der Waals surface area contributed by atoms with Gasteiger partial charge in [-0.25, -0.2) is 0 Å². The van der Waals surface area contributed by atoms with Crippen molar-refractivity contribution in [2.45, 2.75) is 45.3 Å². The molecule has 17 heavy (non-hydrogen) atoms. The van der Waals surface area contributed by atoms with E-state index < -0.39 is 0 Å². The molecular weight excluding hydrogens is 214 g/mol. The van der Waals surface area contributed by atoms with E-state index in [1.807, 2.05) is 18.7 Å². The molecule has 1 aliphatic heterocycles. The third-order valence-corrected chi connectivity index (χ3v) is 3.41. The normalized spacial score (nSPS) is 21.9. The van der Waals surface area contributed by atoms with E-state index in [0.29, 0.717) is 12.1 Å². The van der Waals surface area contributed by atoms with E-state index in [4.69, 9.17) is 4.74 Å². The first kappa shape index (κ1) is 12.6. The van der Waals surface area contributed by atoms with Crippen molar-refractivity contribution in [3.63, 3.8) is 0 Å². The summed E-state index contributed by atoms with van der Waals surface area (Å²) in [5.74, 6) is 0. The predicted molar refractivity (Wildman–Crippen MR) is 68.1 cm³/mol. The maximum Gasteiger partial charge on any atom is 0.0732 e. The zero-order chi connectivity index (χ0) is 12.3. The summed E-state index contributed by atoms with van der Waals surface area (Å²) in [4.78, 5) is 0. The number of ether oxygens (including phenoxy) is 1. The predicted octanol–water partition coefficient (Wildman–Crippen LogP) is 1.43. The molecule has 96 valence electrons. The molecular formula is C13H23N3O. The van der Waals surface area contributed by atoms with Crippen molar-refractivity contribution in [2.75, 3.05) is 13.2 Å². The summed E-state index contributed by atoms with van der Waals surface area (Å²) in [5.41, 5.74) is 2.37. The van der Waals surface area contributed by atoms with Crippen LogP contribution >= 0.6 is 0 Å². The number of nitrogens with zero attached hydrogens (tertiary/aromatic N) is 2. The van der Waals surface area contributed by atoms with Crippen LogP contribution in [0.3, 0.4) is 0 Å². The van der Waals surface area contributed by atoms with E-state index in [1.54, 1.807) is 0 Å². The van der Waals surface area contributed by atoms with Gasteiger partial charge in [0.15, 0.2) is 0 Å². The van der Waals surface area contributed by atoms with E-state index in [9.17, 15) is 0 Å². The summed E-state index contributed by atoms with van der Waals surface area (Å²) >= 11 is 0. The first-order valence-corrected chi connectivity index (χ1v) is 6.55. The Bertz CT molecular complexity index is 356. The van der Waals surface area contributed by atoms with Gasteiger partial charge >= 0.3 is 0 Å². The van der Waals surface area contributed by atoms with E-state index in [2.05, 4.69) is 23.4 Å². The standard InChI is InChI=1S/C13H23N3O/c1-4-14-12(13-6-5-7-17-13)9-11-8-10(2)15-16(11)3/h8,12-14H,4-7,9H2,1-3H3. The Labute approximate surface area is 103 Å². The number of hydrogen-bond acceptors (Lipinski definition) is 3. The molecule has 2 unspecified atom stereocenters. The molecule has 0 bridgehead atoms. The van der Waals surface area contributed by atoms with E-state index in [1.165, 1.54) is 18.5 Å². The van der Waals surface area contributed by atoms with Crippen LogP contribution in [0.25, 0.3) is 0 Å². The van der Waals surface area contributed by atoms with E-state index in [-0.39, 0.29) is 0 Å². The van der Waals surface area contributed by atoms with Crippen LogP contribution in [0.5, 0.6) is 0 Å². The van der Waals surface area contributed by atoms with Gasteiger partial charge in [-0.1, -0.05) is 6.92 Å². The molecule has 1 aromatic rings. The van der Waals surface area contributed by atoms with E-state index >= 15 is 0 Å². The fraction of sp³-hybridized carbons (Fsp3) is 0.769. The van der Waals surface area contributed by atoms with Gasteiger partial charge in [-0.3, -0.25) is 4.68 Å². The summed E-state index contributed by atoms with van der Waals surface area (Å²) in [7, 11) is 2.01. The number of rotatable bonds is 5. The Kier molecular flexibility index (Phi) is 4.18. The Morgan fingerprint density at radius 2 is 2.47 bits per heavy atom. The van der Waals surface area contributed by atoms with Gasteiger partial charge in [0.05, 0.1) is 11.8 Å². The van der Waals surface area contributed by atoms with Gasteiger partial charge in [-0.2, -0.15) is 5.10 Å². The number of hydrogen-bond donors (Lipinski definition) is 1.